The van der Waals surface area contributed by atoms with E-state index in [1.807, 2.05) is 55.5 Å². The van der Waals surface area contributed by atoms with Gasteiger partial charge in [-0.25, -0.2) is 0 Å². The molecule has 3 nitrogen and oxygen atoms in total. The Morgan fingerprint density at radius 1 is 1.26 bits per heavy atom. The minimum atomic E-state index is 0.0212. The van der Waals surface area contributed by atoms with Crippen LogP contribution in [0.2, 0.25) is 0 Å². The highest BCUT2D eigenvalue weighted by Crippen LogP contribution is 2.15. The number of amides is 1. The molecule has 0 aliphatic heterocycles. The van der Waals surface area contributed by atoms with Crippen LogP contribution in [0, 0.1) is 6.92 Å². The Bertz CT molecular complexity index is 553. The third-order valence-electron chi connectivity index (χ3n) is 2.84. The van der Waals surface area contributed by atoms with Crippen molar-refractivity contribution in [1.82, 2.24) is 0 Å². The average molecular weight is 255 g/mol. The smallest absolute Gasteiger partial charge is 0.224 e. The first kappa shape index (κ1) is 13.1. The van der Waals surface area contributed by atoms with E-state index in [1.54, 1.807) is 18.1 Å². The number of furan rings is 1. The summed E-state index contributed by atoms with van der Waals surface area (Å²) in [6.07, 6.45) is 5.41. The molecule has 0 bridgehead atoms. The van der Waals surface area contributed by atoms with Crippen LogP contribution < -0.4 is 4.90 Å². The molecule has 19 heavy (non-hydrogen) atoms. The number of hydrogen-bond acceptors (Lipinski definition) is 2. The van der Waals surface area contributed by atoms with E-state index in [9.17, 15) is 4.79 Å². The van der Waals surface area contributed by atoms with E-state index in [0.29, 0.717) is 6.54 Å². The first-order chi connectivity index (χ1) is 9.16. The summed E-state index contributed by atoms with van der Waals surface area (Å²) in [5, 5.41) is 0. The van der Waals surface area contributed by atoms with Crippen molar-refractivity contribution >= 4 is 17.7 Å². The monoisotopic (exact) mass is 255 g/mol. The van der Waals surface area contributed by atoms with Crippen molar-refractivity contribution in [3.63, 3.8) is 0 Å². The predicted octanol–water partition coefficient (Wildman–Crippen LogP) is 3.65. The lowest BCUT2D eigenvalue weighted by Gasteiger charge is -2.19. The summed E-state index contributed by atoms with van der Waals surface area (Å²) in [6, 6.07) is 11.6. The fourth-order valence-electron chi connectivity index (χ4n) is 1.80. The van der Waals surface area contributed by atoms with Gasteiger partial charge in [-0.15, -0.1) is 0 Å². The molecule has 1 heterocycles. The van der Waals surface area contributed by atoms with Crippen molar-refractivity contribution in [2.75, 3.05) is 11.4 Å². The van der Waals surface area contributed by atoms with Gasteiger partial charge < -0.3 is 9.32 Å². The Hall–Kier alpha value is -2.29. The molecule has 1 aromatic carbocycles. The van der Waals surface area contributed by atoms with Gasteiger partial charge in [0.1, 0.15) is 5.76 Å². The summed E-state index contributed by atoms with van der Waals surface area (Å²) >= 11 is 0. The first-order valence-electron chi connectivity index (χ1n) is 6.21. The predicted molar refractivity (Wildman–Crippen MR) is 76.9 cm³/mol. The first-order valence-corrected chi connectivity index (χ1v) is 6.21. The molecule has 1 amide bonds. The lowest BCUT2D eigenvalue weighted by molar-refractivity contribution is -0.116. The van der Waals surface area contributed by atoms with Crippen molar-refractivity contribution in [3.8, 4) is 0 Å². The standard InChI is InChI=1S/C16H17NO2/c1-13-7-9-15(10-8-13)17(14(2)18)11-3-5-16-6-4-12-19-16/h3-10,12H,11H2,1-2H3/b5-3+. The molecule has 0 saturated carbocycles. The van der Waals surface area contributed by atoms with E-state index < -0.39 is 0 Å². The van der Waals surface area contributed by atoms with Crippen molar-refractivity contribution in [2.24, 2.45) is 0 Å². The molecule has 0 aliphatic rings. The van der Waals surface area contributed by atoms with Crippen LogP contribution >= 0.6 is 0 Å². The number of anilines is 1. The van der Waals surface area contributed by atoms with Crippen LogP contribution in [0.5, 0.6) is 0 Å². The van der Waals surface area contributed by atoms with Crippen LogP contribution in [-0.4, -0.2) is 12.5 Å². The topological polar surface area (TPSA) is 33.5 Å². The number of rotatable bonds is 4. The Labute approximate surface area is 113 Å². The largest absolute Gasteiger partial charge is 0.465 e. The second kappa shape index (κ2) is 6.05. The summed E-state index contributed by atoms with van der Waals surface area (Å²) in [5.74, 6) is 0.806. The number of hydrogen-bond donors (Lipinski definition) is 0. The third-order valence-corrected chi connectivity index (χ3v) is 2.84. The summed E-state index contributed by atoms with van der Waals surface area (Å²) < 4.78 is 5.21. The maximum atomic E-state index is 11.7. The number of aryl methyl sites for hydroxylation is 1. The number of carbonyl (C=O) groups is 1. The summed E-state index contributed by atoms with van der Waals surface area (Å²) in [6.45, 7) is 4.12. The molecule has 1 aromatic heterocycles. The van der Waals surface area contributed by atoms with Gasteiger partial charge in [0.05, 0.1) is 6.26 Å². The molecule has 2 rings (SSSR count). The molecule has 3 heteroatoms. The minimum absolute atomic E-state index is 0.0212. The Morgan fingerprint density at radius 2 is 2.00 bits per heavy atom. The van der Waals surface area contributed by atoms with E-state index in [0.717, 1.165) is 11.4 Å². The van der Waals surface area contributed by atoms with Gasteiger partial charge >= 0.3 is 0 Å². The molecule has 98 valence electrons. The van der Waals surface area contributed by atoms with Crippen LogP contribution in [0.4, 0.5) is 5.69 Å². The molecule has 0 atom stereocenters. The van der Waals surface area contributed by atoms with Crippen LogP contribution in [0.1, 0.15) is 18.2 Å². The lowest BCUT2D eigenvalue weighted by Crippen LogP contribution is -2.28. The van der Waals surface area contributed by atoms with Gasteiger partial charge in [-0.05, 0) is 37.3 Å². The molecule has 0 fully saturated rings. The Kier molecular flexibility index (Phi) is 4.18. The van der Waals surface area contributed by atoms with Crippen LogP contribution in [0.15, 0.2) is 53.2 Å². The summed E-state index contributed by atoms with van der Waals surface area (Å²) in [4.78, 5) is 13.4. The van der Waals surface area contributed by atoms with Gasteiger partial charge in [0, 0.05) is 19.2 Å². The van der Waals surface area contributed by atoms with E-state index in [1.165, 1.54) is 5.56 Å². The second-order valence-electron chi connectivity index (χ2n) is 4.38. The van der Waals surface area contributed by atoms with E-state index in [-0.39, 0.29) is 5.91 Å². The zero-order chi connectivity index (χ0) is 13.7. The highest BCUT2D eigenvalue weighted by molar-refractivity contribution is 5.91. The highest BCUT2D eigenvalue weighted by Gasteiger charge is 2.08. The molecule has 0 spiro atoms. The van der Waals surface area contributed by atoms with Gasteiger partial charge in [-0.3, -0.25) is 4.79 Å². The van der Waals surface area contributed by atoms with Crippen LogP contribution in [-0.2, 0) is 4.79 Å². The number of nitrogens with zero attached hydrogens (tertiary/aromatic N) is 1. The Morgan fingerprint density at radius 3 is 2.58 bits per heavy atom. The fraction of sp³-hybridized carbons (Fsp3) is 0.188. The molecule has 0 radical (unpaired) electrons. The molecular formula is C16H17NO2. The SMILES string of the molecule is CC(=O)N(C/C=C/c1ccco1)c1ccc(C)cc1. The highest BCUT2D eigenvalue weighted by atomic mass is 16.3. The zero-order valence-corrected chi connectivity index (χ0v) is 11.2. The number of carbonyl (C=O) groups excluding carboxylic acids is 1. The maximum absolute atomic E-state index is 11.7. The molecule has 0 aliphatic carbocycles. The summed E-state index contributed by atoms with van der Waals surface area (Å²) in [7, 11) is 0. The maximum Gasteiger partial charge on any atom is 0.224 e. The van der Waals surface area contributed by atoms with Crippen molar-refractivity contribution in [2.45, 2.75) is 13.8 Å². The number of benzene rings is 1. The van der Waals surface area contributed by atoms with Crippen molar-refractivity contribution in [1.29, 1.82) is 0 Å². The lowest BCUT2D eigenvalue weighted by atomic mass is 10.2. The van der Waals surface area contributed by atoms with E-state index >= 15 is 0 Å². The van der Waals surface area contributed by atoms with Gasteiger partial charge in [-0.2, -0.15) is 0 Å². The quantitative estimate of drug-likeness (QED) is 0.835. The average Bonchev–Trinajstić information content (AvgIpc) is 2.89. The van der Waals surface area contributed by atoms with Crippen LogP contribution in [0.3, 0.4) is 0 Å². The normalized spacial score (nSPS) is 10.8. The molecule has 0 saturated heterocycles. The van der Waals surface area contributed by atoms with E-state index in [4.69, 9.17) is 4.42 Å². The van der Waals surface area contributed by atoms with Gasteiger partial charge in [0.2, 0.25) is 5.91 Å². The molecular weight excluding hydrogens is 238 g/mol. The summed E-state index contributed by atoms with van der Waals surface area (Å²) in [5.41, 5.74) is 2.08. The Balaban J connectivity index is 2.08. The minimum Gasteiger partial charge on any atom is -0.465 e. The van der Waals surface area contributed by atoms with Crippen LogP contribution in [0.25, 0.3) is 6.08 Å². The zero-order valence-electron chi connectivity index (χ0n) is 11.2. The third kappa shape index (κ3) is 3.58. The van der Waals surface area contributed by atoms with Crippen molar-refractivity contribution in [3.05, 3.63) is 60.1 Å². The fourth-order valence-corrected chi connectivity index (χ4v) is 1.80. The van der Waals surface area contributed by atoms with Gasteiger partial charge in [-0.1, -0.05) is 23.8 Å². The van der Waals surface area contributed by atoms with Crippen molar-refractivity contribution < 1.29 is 9.21 Å². The van der Waals surface area contributed by atoms with Gasteiger partial charge in [0.15, 0.2) is 0 Å². The molecule has 0 unspecified atom stereocenters. The second-order valence-corrected chi connectivity index (χ2v) is 4.38. The van der Waals surface area contributed by atoms with E-state index in [2.05, 4.69) is 0 Å². The molecule has 2 aromatic rings. The molecule has 0 N–H and O–H groups in total. The van der Waals surface area contributed by atoms with Gasteiger partial charge in [0.25, 0.3) is 0 Å².